The van der Waals surface area contributed by atoms with Crippen molar-refractivity contribution in [1.82, 2.24) is 4.90 Å². The third-order valence-electron chi connectivity index (χ3n) is 5.96. The Morgan fingerprint density at radius 2 is 1.75 bits per heavy atom. The minimum atomic E-state index is -0.815. The third kappa shape index (κ3) is 3.13. The third-order valence-corrected chi connectivity index (χ3v) is 5.96. The van der Waals surface area contributed by atoms with Gasteiger partial charge in [0.15, 0.2) is 0 Å². The second-order valence-electron chi connectivity index (χ2n) is 7.53. The molecule has 2 fully saturated rings. The number of carbonyl (C=O) groups excluding carboxylic acids is 3. The molecule has 1 saturated heterocycles. The van der Waals surface area contributed by atoms with Crippen LogP contribution in [0.2, 0.25) is 0 Å². The molecule has 3 rings (SSSR count). The van der Waals surface area contributed by atoms with E-state index < -0.39 is 12.0 Å². The quantitative estimate of drug-likeness (QED) is 0.451. The predicted octanol–water partition coefficient (Wildman–Crippen LogP) is 2.70. The summed E-state index contributed by atoms with van der Waals surface area (Å²) in [4.78, 5) is 38.6. The number of rotatable bonds is 4. The lowest BCUT2D eigenvalue weighted by molar-refractivity contribution is -0.159. The van der Waals surface area contributed by atoms with Crippen molar-refractivity contribution >= 4 is 17.8 Å². The zero-order valence-corrected chi connectivity index (χ0v) is 14.6. The van der Waals surface area contributed by atoms with E-state index in [1.54, 1.807) is 6.92 Å². The van der Waals surface area contributed by atoms with Crippen LogP contribution < -0.4 is 0 Å². The lowest BCUT2D eigenvalue weighted by Crippen LogP contribution is -2.44. The number of hydrogen-bond donors (Lipinski definition) is 0. The SMILES string of the molecule is CC1CC=CCC1COC(=O)C(C)N1C(=O)C2CCCCC2C1=O. The van der Waals surface area contributed by atoms with E-state index in [2.05, 4.69) is 19.1 Å². The molecule has 0 radical (unpaired) electrons. The zero-order chi connectivity index (χ0) is 17.3. The second-order valence-corrected chi connectivity index (χ2v) is 7.53. The first-order chi connectivity index (χ1) is 11.5. The van der Waals surface area contributed by atoms with Crippen LogP contribution in [-0.4, -0.2) is 35.3 Å². The topological polar surface area (TPSA) is 63.7 Å². The van der Waals surface area contributed by atoms with E-state index in [0.29, 0.717) is 18.4 Å². The van der Waals surface area contributed by atoms with E-state index >= 15 is 0 Å². The number of likely N-dealkylation sites (tertiary alicyclic amines) is 1. The van der Waals surface area contributed by atoms with Crippen LogP contribution in [0.1, 0.15) is 52.4 Å². The van der Waals surface area contributed by atoms with Gasteiger partial charge in [0.25, 0.3) is 0 Å². The fraction of sp³-hybridized carbons (Fsp3) is 0.737. The molecular formula is C19H27NO4. The summed E-state index contributed by atoms with van der Waals surface area (Å²) in [5.41, 5.74) is 0. The van der Waals surface area contributed by atoms with Crippen LogP contribution in [0.15, 0.2) is 12.2 Å². The highest BCUT2D eigenvalue weighted by atomic mass is 16.5. The highest BCUT2D eigenvalue weighted by Crippen LogP contribution is 2.39. The van der Waals surface area contributed by atoms with E-state index in [1.807, 2.05) is 0 Å². The molecule has 3 aliphatic rings. The Labute approximate surface area is 143 Å². The fourth-order valence-corrected chi connectivity index (χ4v) is 4.22. The second kappa shape index (κ2) is 7.08. The van der Waals surface area contributed by atoms with Gasteiger partial charge in [-0.05, 0) is 44.4 Å². The summed E-state index contributed by atoms with van der Waals surface area (Å²) in [6.07, 6.45) is 9.70. The first-order valence-electron chi connectivity index (χ1n) is 9.19. The summed E-state index contributed by atoms with van der Waals surface area (Å²) in [5.74, 6) is -0.451. The highest BCUT2D eigenvalue weighted by molar-refractivity contribution is 6.07. The van der Waals surface area contributed by atoms with Gasteiger partial charge in [-0.15, -0.1) is 0 Å². The predicted molar refractivity (Wildman–Crippen MR) is 88.8 cm³/mol. The molecule has 0 bridgehead atoms. The molecule has 2 amide bonds. The minimum absolute atomic E-state index is 0.178. The summed E-state index contributed by atoms with van der Waals surface area (Å²) < 4.78 is 5.46. The molecule has 5 unspecified atom stereocenters. The molecule has 1 saturated carbocycles. The Morgan fingerprint density at radius 1 is 1.17 bits per heavy atom. The van der Waals surface area contributed by atoms with Gasteiger partial charge < -0.3 is 4.74 Å². The van der Waals surface area contributed by atoms with Gasteiger partial charge >= 0.3 is 5.97 Å². The number of imide groups is 1. The Hall–Kier alpha value is -1.65. The first-order valence-corrected chi connectivity index (χ1v) is 9.19. The van der Waals surface area contributed by atoms with Crippen molar-refractivity contribution in [3.05, 3.63) is 12.2 Å². The monoisotopic (exact) mass is 333 g/mol. The summed E-state index contributed by atoms with van der Waals surface area (Å²) in [5, 5.41) is 0. The van der Waals surface area contributed by atoms with Crippen LogP contribution in [0.25, 0.3) is 0 Å². The first kappa shape index (κ1) is 17.2. The summed E-state index contributed by atoms with van der Waals surface area (Å²) in [6.45, 7) is 4.13. The Morgan fingerprint density at radius 3 is 2.33 bits per heavy atom. The van der Waals surface area contributed by atoms with Crippen molar-refractivity contribution in [1.29, 1.82) is 0 Å². The Balaban J connectivity index is 1.60. The normalized spacial score (nSPS) is 34.2. The molecule has 0 N–H and O–H groups in total. The van der Waals surface area contributed by atoms with Gasteiger partial charge in [-0.25, -0.2) is 4.79 Å². The molecular weight excluding hydrogens is 306 g/mol. The molecule has 0 aromatic heterocycles. The maximum absolute atomic E-state index is 12.5. The van der Waals surface area contributed by atoms with Gasteiger partial charge in [0.2, 0.25) is 11.8 Å². The van der Waals surface area contributed by atoms with E-state index in [0.717, 1.165) is 38.5 Å². The average molecular weight is 333 g/mol. The lowest BCUT2D eigenvalue weighted by atomic mass is 9.81. The van der Waals surface area contributed by atoms with Crippen molar-refractivity contribution in [3.63, 3.8) is 0 Å². The van der Waals surface area contributed by atoms with Crippen LogP contribution in [-0.2, 0) is 19.1 Å². The number of fused-ring (bicyclic) bond motifs is 1. The minimum Gasteiger partial charge on any atom is -0.464 e. The van der Waals surface area contributed by atoms with Crippen molar-refractivity contribution in [2.24, 2.45) is 23.7 Å². The van der Waals surface area contributed by atoms with Gasteiger partial charge in [-0.2, -0.15) is 0 Å². The van der Waals surface area contributed by atoms with Crippen LogP contribution in [0, 0.1) is 23.7 Å². The zero-order valence-electron chi connectivity index (χ0n) is 14.6. The molecule has 0 aromatic rings. The standard InChI is InChI=1S/C19H27NO4/c1-12-7-3-4-8-14(12)11-24-19(23)13(2)20-17(21)15-9-5-6-10-16(15)18(20)22/h3-4,12-16H,5-11H2,1-2H3. The van der Waals surface area contributed by atoms with E-state index in [4.69, 9.17) is 4.74 Å². The molecule has 24 heavy (non-hydrogen) atoms. The van der Waals surface area contributed by atoms with Gasteiger partial charge in [-0.1, -0.05) is 31.9 Å². The molecule has 132 valence electrons. The van der Waals surface area contributed by atoms with E-state index in [-0.39, 0.29) is 23.7 Å². The number of esters is 1. The van der Waals surface area contributed by atoms with Crippen LogP contribution in [0.3, 0.4) is 0 Å². The van der Waals surface area contributed by atoms with Gasteiger partial charge in [0, 0.05) is 0 Å². The molecule has 1 heterocycles. The lowest BCUT2D eigenvalue weighted by Gasteiger charge is -2.27. The maximum atomic E-state index is 12.5. The molecule has 5 atom stereocenters. The number of ether oxygens (including phenoxy) is 1. The van der Waals surface area contributed by atoms with Gasteiger partial charge in [-0.3, -0.25) is 14.5 Å². The maximum Gasteiger partial charge on any atom is 0.329 e. The van der Waals surface area contributed by atoms with Crippen molar-refractivity contribution < 1.29 is 19.1 Å². The van der Waals surface area contributed by atoms with Crippen LogP contribution >= 0.6 is 0 Å². The van der Waals surface area contributed by atoms with Crippen LogP contribution in [0.4, 0.5) is 0 Å². The number of hydrogen-bond acceptors (Lipinski definition) is 4. The van der Waals surface area contributed by atoms with E-state index in [9.17, 15) is 14.4 Å². The van der Waals surface area contributed by atoms with Crippen molar-refractivity contribution in [2.75, 3.05) is 6.61 Å². The molecule has 0 spiro atoms. The number of carbonyl (C=O) groups is 3. The van der Waals surface area contributed by atoms with Crippen LogP contribution in [0.5, 0.6) is 0 Å². The fourth-order valence-electron chi connectivity index (χ4n) is 4.22. The summed E-state index contributed by atoms with van der Waals surface area (Å²) >= 11 is 0. The molecule has 0 aromatic carbocycles. The van der Waals surface area contributed by atoms with Crippen molar-refractivity contribution in [3.8, 4) is 0 Å². The molecule has 5 heteroatoms. The van der Waals surface area contributed by atoms with Gasteiger partial charge in [0.1, 0.15) is 6.04 Å². The van der Waals surface area contributed by atoms with E-state index in [1.165, 1.54) is 4.90 Å². The number of amides is 2. The summed E-state index contributed by atoms with van der Waals surface area (Å²) in [7, 11) is 0. The van der Waals surface area contributed by atoms with Crippen molar-refractivity contribution in [2.45, 2.75) is 58.4 Å². The number of allylic oxidation sites excluding steroid dienone is 2. The molecule has 2 aliphatic carbocycles. The smallest absolute Gasteiger partial charge is 0.329 e. The highest BCUT2D eigenvalue weighted by Gasteiger charge is 2.51. The molecule has 5 nitrogen and oxygen atoms in total. The van der Waals surface area contributed by atoms with Gasteiger partial charge in [0.05, 0.1) is 18.4 Å². The Kier molecular flexibility index (Phi) is 5.07. The summed E-state index contributed by atoms with van der Waals surface area (Å²) in [6, 6.07) is -0.815. The Bertz CT molecular complexity index is 532. The number of nitrogens with zero attached hydrogens (tertiary/aromatic N) is 1. The molecule has 1 aliphatic heterocycles. The average Bonchev–Trinajstić information content (AvgIpc) is 2.85. The largest absolute Gasteiger partial charge is 0.464 e.